The molecule has 2 aromatic carbocycles. The molecule has 0 aliphatic carbocycles. The van der Waals surface area contributed by atoms with Gasteiger partial charge in [0, 0.05) is 0 Å². The first-order chi connectivity index (χ1) is 10.2. The van der Waals surface area contributed by atoms with E-state index in [1.54, 1.807) is 0 Å². The molecule has 21 heavy (non-hydrogen) atoms. The van der Waals surface area contributed by atoms with Crippen molar-refractivity contribution in [1.29, 1.82) is 0 Å². The van der Waals surface area contributed by atoms with Crippen molar-refractivity contribution in [3.63, 3.8) is 0 Å². The molecule has 0 aromatic heterocycles. The van der Waals surface area contributed by atoms with Crippen LogP contribution >= 0.6 is 0 Å². The van der Waals surface area contributed by atoms with E-state index in [4.69, 9.17) is 10.5 Å². The van der Waals surface area contributed by atoms with E-state index in [9.17, 15) is 0 Å². The number of benzene rings is 2. The van der Waals surface area contributed by atoms with Crippen LogP contribution in [0.15, 0.2) is 54.6 Å². The van der Waals surface area contributed by atoms with Crippen LogP contribution in [0.3, 0.4) is 0 Å². The summed E-state index contributed by atoms with van der Waals surface area (Å²) in [5.74, 6) is 1.91. The van der Waals surface area contributed by atoms with E-state index in [1.165, 1.54) is 11.1 Å². The predicted molar refractivity (Wildman–Crippen MR) is 88.5 cm³/mol. The molecule has 0 heterocycles. The van der Waals surface area contributed by atoms with Crippen LogP contribution in [0, 0.1) is 5.92 Å². The summed E-state index contributed by atoms with van der Waals surface area (Å²) in [5.41, 5.74) is 8.33. The first-order valence-corrected chi connectivity index (χ1v) is 7.71. The molecule has 0 bridgehead atoms. The first-order valence-electron chi connectivity index (χ1n) is 7.71. The lowest BCUT2D eigenvalue weighted by Gasteiger charge is -2.22. The minimum Gasteiger partial charge on any atom is -0.489 e. The maximum Gasteiger partial charge on any atom is 0.120 e. The van der Waals surface area contributed by atoms with Crippen molar-refractivity contribution in [2.45, 2.75) is 32.8 Å². The molecule has 2 heteroatoms. The fourth-order valence-electron chi connectivity index (χ4n) is 2.71. The predicted octanol–water partition coefficient (Wildman–Crippen LogP) is 4.35. The lowest BCUT2D eigenvalue weighted by atomic mass is 9.85. The molecule has 0 fully saturated rings. The van der Waals surface area contributed by atoms with E-state index in [1.807, 2.05) is 24.3 Å². The Morgan fingerprint density at radius 3 is 2.48 bits per heavy atom. The van der Waals surface area contributed by atoms with Gasteiger partial charge in [-0.25, -0.2) is 0 Å². The van der Waals surface area contributed by atoms with Gasteiger partial charge in [-0.1, -0.05) is 56.3 Å². The quantitative estimate of drug-likeness (QED) is 0.819. The van der Waals surface area contributed by atoms with Crippen molar-refractivity contribution in [3.8, 4) is 5.75 Å². The van der Waals surface area contributed by atoms with E-state index < -0.39 is 0 Å². The Morgan fingerprint density at radius 2 is 1.81 bits per heavy atom. The number of nitrogens with two attached hydrogens (primary N) is 1. The van der Waals surface area contributed by atoms with Gasteiger partial charge < -0.3 is 10.5 Å². The van der Waals surface area contributed by atoms with Crippen LogP contribution in [0.2, 0.25) is 0 Å². The number of ether oxygens (including phenoxy) is 1. The van der Waals surface area contributed by atoms with Crippen LogP contribution in [-0.4, -0.2) is 6.54 Å². The van der Waals surface area contributed by atoms with Crippen molar-refractivity contribution in [1.82, 2.24) is 0 Å². The zero-order valence-electron chi connectivity index (χ0n) is 13.0. The van der Waals surface area contributed by atoms with E-state index in [-0.39, 0.29) is 0 Å². The Bertz CT molecular complexity index is 538. The summed E-state index contributed by atoms with van der Waals surface area (Å²) in [4.78, 5) is 0. The van der Waals surface area contributed by atoms with Gasteiger partial charge in [-0.2, -0.15) is 0 Å². The summed E-state index contributed by atoms with van der Waals surface area (Å²) in [6.07, 6.45) is 1.10. The third-order valence-electron chi connectivity index (χ3n) is 4.03. The largest absolute Gasteiger partial charge is 0.489 e. The number of hydrogen-bond donors (Lipinski definition) is 1. The number of rotatable bonds is 7. The molecule has 2 nitrogen and oxygen atoms in total. The van der Waals surface area contributed by atoms with E-state index in [2.05, 4.69) is 44.2 Å². The lowest BCUT2D eigenvalue weighted by Crippen LogP contribution is -2.18. The summed E-state index contributed by atoms with van der Waals surface area (Å²) < 4.78 is 5.91. The Kier molecular flexibility index (Phi) is 5.82. The molecule has 2 N–H and O–H groups in total. The smallest absolute Gasteiger partial charge is 0.120 e. The van der Waals surface area contributed by atoms with Crippen molar-refractivity contribution >= 4 is 0 Å². The molecule has 0 spiro atoms. The SMILES string of the molecule is CCC(c1cccc(OCc2ccccc2)c1)[C@@H](C)CN. The highest BCUT2D eigenvalue weighted by Crippen LogP contribution is 2.29. The first kappa shape index (κ1) is 15.6. The van der Waals surface area contributed by atoms with Gasteiger partial charge in [-0.3, -0.25) is 0 Å². The second-order valence-corrected chi connectivity index (χ2v) is 5.57. The monoisotopic (exact) mass is 283 g/mol. The van der Waals surface area contributed by atoms with Gasteiger partial charge in [0.1, 0.15) is 12.4 Å². The summed E-state index contributed by atoms with van der Waals surface area (Å²) in [6, 6.07) is 18.7. The van der Waals surface area contributed by atoms with Gasteiger partial charge in [0.15, 0.2) is 0 Å². The third-order valence-corrected chi connectivity index (χ3v) is 4.03. The Balaban J connectivity index is 2.06. The Labute approximate surface area is 127 Å². The minimum atomic E-state index is 0.486. The molecule has 0 amide bonds. The van der Waals surface area contributed by atoms with E-state index in [0.29, 0.717) is 25.0 Å². The van der Waals surface area contributed by atoms with E-state index in [0.717, 1.165) is 12.2 Å². The molecule has 0 aliphatic heterocycles. The molecule has 0 radical (unpaired) electrons. The van der Waals surface area contributed by atoms with Crippen LogP contribution in [0.25, 0.3) is 0 Å². The molecule has 2 rings (SSSR count). The highest BCUT2D eigenvalue weighted by atomic mass is 16.5. The summed E-state index contributed by atoms with van der Waals surface area (Å²) in [6.45, 7) is 5.75. The molecular weight excluding hydrogens is 258 g/mol. The zero-order chi connectivity index (χ0) is 15.1. The second-order valence-electron chi connectivity index (χ2n) is 5.57. The zero-order valence-corrected chi connectivity index (χ0v) is 13.0. The van der Waals surface area contributed by atoms with Crippen LogP contribution in [0.1, 0.15) is 37.3 Å². The average Bonchev–Trinajstić information content (AvgIpc) is 2.55. The summed E-state index contributed by atoms with van der Waals surface area (Å²) in [5, 5.41) is 0. The van der Waals surface area contributed by atoms with Gasteiger partial charge >= 0.3 is 0 Å². The molecule has 2 atom stereocenters. The summed E-state index contributed by atoms with van der Waals surface area (Å²) >= 11 is 0. The van der Waals surface area contributed by atoms with Crippen molar-refractivity contribution < 1.29 is 4.74 Å². The fraction of sp³-hybridized carbons (Fsp3) is 0.368. The molecular formula is C19H25NO. The Morgan fingerprint density at radius 1 is 1.05 bits per heavy atom. The van der Waals surface area contributed by atoms with E-state index >= 15 is 0 Å². The summed E-state index contributed by atoms with van der Waals surface area (Å²) in [7, 11) is 0. The molecule has 0 saturated carbocycles. The molecule has 0 saturated heterocycles. The molecule has 0 aliphatic rings. The Hall–Kier alpha value is -1.80. The number of hydrogen-bond acceptors (Lipinski definition) is 2. The van der Waals surface area contributed by atoms with Crippen LogP contribution in [0.5, 0.6) is 5.75 Å². The standard InChI is InChI=1S/C19H25NO/c1-3-19(15(2)13-20)17-10-7-11-18(12-17)21-14-16-8-5-4-6-9-16/h4-12,15,19H,3,13-14,20H2,1-2H3/t15-,19?/m0/s1. The highest BCUT2D eigenvalue weighted by Gasteiger charge is 2.16. The maximum absolute atomic E-state index is 5.91. The lowest BCUT2D eigenvalue weighted by molar-refractivity contribution is 0.305. The fourth-order valence-corrected chi connectivity index (χ4v) is 2.71. The normalized spacial score (nSPS) is 13.7. The minimum absolute atomic E-state index is 0.486. The van der Waals surface area contributed by atoms with Gasteiger partial charge in [0.05, 0.1) is 0 Å². The highest BCUT2D eigenvalue weighted by molar-refractivity contribution is 5.31. The van der Waals surface area contributed by atoms with Crippen LogP contribution in [-0.2, 0) is 6.61 Å². The average molecular weight is 283 g/mol. The van der Waals surface area contributed by atoms with Crippen LogP contribution in [0.4, 0.5) is 0 Å². The molecule has 2 aromatic rings. The van der Waals surface area contributed by atoms with Crippen molar-refractivity contribution in [2.75, 3.05) is 6.54 Å². The van der Waals surface area contributed by atoms with Gasteiger partial charge in [-0.05, 0) is 48.1 Å². The van der Waals surface area contributed by atoms with Crippen molar-refractivity contribution in [3.05, 3.63) is 65.7 Å². The molecule has 112 valence electrons. The van der Waals surface area contributed by atoms with Crippen molar-refractivity contribution in [2.24, 2.45) is 11.7 Å². The van der Waals surface area contributed by atoms with Crippen LogP contribution < -0.4 is 10.5 Å². The second kappa shape index (κ2) is 7.84. The molecule has 1 unspecified atom stereocenters. The van der Waals surface area contributed by atoms with Gasteiger partial charge in [-0.15, -0.1) is 0 Å². The topological polar surface area (TPSA) is 35.2 Å². The van der Waals surface area contributed by atoms with Gasteiger partial charge in [0.2, 0.25) is 0 Å². The maximum atomic E-state index is 5.91. The van der Waals surface area contributed by atoms with Gasteiger partial charge in [0.25, 0.3) is 0 Å². The third kappa shape index (κ3) is 4.33.